The Morgan fingerprint density at radius 1 is 1.24 bits per heavy atom. The van der Waals surface area contributed by atoms with Gasteiger partial charge in [0.05, 0.1) is 0 Å². The molecule has 1 aliphatic carbocycles. The van der Waals surface area contributed by atoms with E-state index in [4.69, 9.17) is 12.2 Å². The van der Waals surface area contributed by atoms with Crippen molar-refractivity contribution >= 4 is 12.2 Å². The second kappa shape index (κ2) is 4.08. The number of fused-ring (bicyclic) bond motifs is 1. The maximum atomic E-state index is 5.38. The van der Waals surface area contributed by atoms with Crippen LogP contribution in [0.3, 0.4) is 0 Å². The number of nitrogens with one attached hydrogen (secondary N) is 1. The van der Waals surface area contributed by atoms with E-state index in [1.807, 2.05) is 12.1 Å². The standard InChI is InChI=1S/C14H14N2S/c1-9-5-2-3-6-10(9)13-15-12-8-4-7-11(12)14(17)16-13/h2-3,5-6H,4,7-8H2,1H3,(H,15,16,17). The van der Waals surface area contributed by atoms with E-state index < -0.39 is 0 Å². The molecule has 0 atom stereocenters. The highest BCUT2D eigenvalue weighted by molar-refractivity contribution is 7.71. The van der Waals surface area contributed by atoms with Crippen molar-refractivity contribution in [1.82, 2.24) is 9.97 Å². The zero-order chi connectivity index (χ0) is 11.8. The molecule has 0 aliphatic heterocycles. The van der Waals surface area contributed by atoms with Gasteiger partial charge in [0.2, 0.25) is 0 Å². The highest BCUT2D eigenvalue weighted by Gasteiger charge is 2.15. The van der Waals surface area contributed by atoms with Crippen LogP contribution < -0.4 is 0 Å². The molecule has 86 valence electrons. The molecule has 1 heterocycles. The smallest absolute Gasteiger partial charge is 0.139 e. The molecule has 0 unspecified atom stereocenters. The Labute approximate surface area is 106 Å². The van der Waals surface area contributed by atoms with Crippen LogP contribution >= 0.6 is 12.2 Å². The fourth-order valence-electron chi connectivity index (χ4n) is 2.42. The second-order valence-electron chi connectivity index (χ2n) is 4.52. The summed E-state index contributed by atoms with van der Waals surface area (Å²) in [4.78, 5) is 7.98. The minimum atomic E-state index is 0.773. The molecule has 17 heavy (non-hydrogen) atoms. The second-order valence-corrected chi connectivity index (χ2v) is 4.90. The third-order valence-electron chi connectivity index (χ3n) is 3.36. The summed E-state index contributed by atoms with van der Waals surface area (Å²) in [6.07, 6.45) is 3.36. The maximum Gasteiger partial charge on any atom is 0.139 e. The molecule has 0 bridgehead atoms. The predicted molar refractivity (Wildman–Crippen MR) is 71.6 cm³/mol. The minimum absolute atomic E-state index is 0.773. The van der Waals surface area contributed by atoms with Gasteiger partial charge in [-0.15, -0.1) is 0 Å². The predicted octanol–water partition coefficient (Wildman–Crippen LogP) is 3.60. The number of hydrogen-bond donors (Lipinski definition) is 1. The summed E-state index contributed by atoms with van der Waals surface area (Å²) in [7, 11) is 0. The van der Waals surface area contributed by atoms with E-state index in [1.165, 1.54) is 23.2 Å². The lowest BCUT2D eigenvalue weighted by Gasteiger charge is -2.07. The van der Waals surface area contributed by atoms with Crippen LogP contribution in [-0.2, 0) is 12.8 Å². The van der Waals surface area contributed by atoms with Crippen molar-refractivity contribution in [3.63, 3.8) is 0 Å². The molecule has 1 aromatic carbocycles. The van der Waals surface area contributed by atoms with Crippen LogP contribution in [0.2, 0.25) is 0 Å². The highest BCUT2D eigenvalue weighted by atomic mass is 32.1. The van der Waals surface area contributed by atoms with Gasteiger partial charge in [0.25, 0.3) is 0 Å². The van der Waals surface area contributed by atoms with Crippen LogP contribution in [0, 0.1) is 11.6 Å². The Balaban J connectivity index is 2.20. The van der Waals surface area contributed by atoms with Gasteiger partial charge in [0.15, 0.2) is 0 Å². The number of aryl methyl sites for hydroxylation is 2. The largest absolute Gasteiger partial charge is 0.343 e. The van der Waals surface area contributed by atoms with Crippen LogP contribution in [0.15, 0.2) is 24.3 Å². The molecular formula is C14H14N2S. The fourth-order valence-corrected chi connectivity index (χ4v) is 2.74. The molecule has 1 aliphatic rings. The van der Waals surface area contributed by atoms with Crippen LogP contribution in [0.4, 0.5) is 0 Å². The van der Waals surface area contributed by atoms with Crippen LogP contribution in [0.25, 0.3) is 11.4 Å². The topological polar surface area (TPSA) is 28.7 Å². The summed E-state index contributed by atoms with van der Waals surface area (Å²) >= 11 is 5.38. The van der Waals surface area contributed by atoms with Crippen molar-refractivity contribution < 1.29 is 0 Å². The first-order valence-electron chi connectivity index (χ1n) is 5.94. The molecule has 1 N–H and O–H groups in total. The molecule has 0 radical (unpaired) electrons. The summed E-state index contributed by atoms with van der Waals surface area (Å²) in [5.74, 6) is 0.911. The van der Waals surface area contributed by atoms with E-state index in [9.17, 15) is 0 Å². The van der Waals surface area contributed by atoms with Crippen LogP contribution in [-0.4, -0.2) is 9.97 Å². The Morgan fingerprint density at radius 2 is 2.06 bits per heavy atom. The number of H-pyrrole nitrogens is 1. The van der Waals surface area contributed by atoms with E-state index in [0.717, 1.165) is 28.9 Å². The average molecular weight is 242 g/mol. The van der Waals surface area contributed by atoms with Crippen molar-refractivity contribution in [3.8, 4) is 11.4 Å². The fraction of sp³-hybridized carbons (Fsp3) is 0.286. The molecule has 0 amide bonds. The lowest BCUT2D eigenvalue weighted by molar-refractivity contribution is 0.899. The first-order chi connectivity index (χ1) is 8.25. The lowest BCUT2D eigenvalue weighted by atomic mass is 10.1. The Kier molecular flexibility index (Phi) is 2.56. The summed E-state index contributed by atoms with van der Waals surface area (Å²) in [6.45, 7) is 2.10. The Hall–Kier alpha value is -1.48. The molecule has 0 saturated heterocycles. The van der Waals surface area contributed by atoms with Crippen LogP contribution in [0.1, 0.15) is 23.2 Å². The van der Waals surface area contributed by atoms with Gasteiger partial charge in [0.1, 0.15) is 10.5 Å². The Morgan fingerprint density at radius 3 is 2.88 bits per heavy atom. The molecule has 0 spiro atoms. The number of rotatable bonds is 1. The van der Waals surface area contributed by atoms with E-state index in [1.54, 1.807) is 0 Å². The maximum absolute atomic E-state index is 5.38. The highest BCUT2D eigenvalue weighted by Crippen LogP contribution is 2.25. The normalized spacial score (nSPS) is 13.7. The first-order valence-corrected chi connectivity index (χ1v) is 6.34. The zero-order valence-electron chi connectivity index (χ0n) is 9.79. The summed E-state index contributed by atoms with van der Waals surface area (Å²) in [5.41, 5.74) is 4.90. The van der Waals surface area contributed by atoms with Crippen molar-refractivity contribution in [2.45, 2.75) is 26.2 Å². The SMILES string of the molecule is Cc1ccccc1-c1nc(=S)c2c([nH]1)CCC2. The number of hydrogen-bond acceptors (Lipinski definition) is 2. The molecule has 0 fully saturated rings. The van der Waals surface area contributed by atoms with Crippen molar-refractivity contribution in [2.75, 3.05) is 0 Å². The van der Waals surface area contributed by atoms with Gasteiger partial charge >= 0.3 is 0 Å². The van der Waals surface area contributed by atoms with Gasteiger partial charge in [-0.05, 0) is 31.7 Å². The number of aromatic nitrogens is 2. The van der Waals surface area contributed by atoms with E-state index in [2.05, 4.69) is 29.0 Å². The third kappa shape index (κ3) is 1.80. The lowest BCUT2D eigenvalue weighted by Crippen LogP contribution is -1.98. The average Bonchev–Trinajstić information content (AvgIpc) is 2.78. The monoisotopic (exact) mass is 242 g/mol. The van der Waals surface area contributed by atoms with E-state index in [-0.39, 0.29) is 0 Å². The Bertz CT molecular complexity index is 628. The first kappa shape index (κ1) is 10.7. The van der Waals surface area contributed by atoms with Gasteiger partial charge in [-0.3, -0.25) is 0 Å². The number of nitrogens with zero attached hydrogens (tertiary/aromatic N) is 1. The van der Waals surface area contributed by atoms with E-state index in [0.29, 0.717) is 0 Å². The minimum Gasteiger partial charge on any atom is -0.343 e. The number of aromatic amines is 1. The van der Waals surface area contributed by atoms with Crippen molar-refractivity contribution in [1.29, 1.82) is 0 Å². The summed E-state index contributed by atoms with van der Waals surface area (Å²) in [6, 6.07) is 8.26. The van der Waals surface area contributed by atoms with Gasteiger partial charge in [0, 0.05) is 16.8 Å². The van der Waals surface area contributed by atoms with Gasteiger partial charge in [-0.1, -0.05) is 36.5 Å². The van der Waals surface area contributed by atoms with Gasteiger partial charge in [-0.2, -0.15) is 0 Å². The number of benzene rings is 1. The van der Waals surface area contributed by atoms with Gasteiger partial charge in [-0.25, -0.2) is 4.98 Å². The van der Waals surface area contributed by atoms with Gasteiger partial charge < -0.3 is 4.98 Å². The summed E-state index contributed by atoms with van der Waals surface area (Å²) < 4.78 is 0.773. The summed E-state index contributed by atoms with van der Waals surface area (Å²) in [5, 5.41) is 0. The quantitative estimate of drug-likeness (QED) is 0.774. The molecular weight excluding hydrogens is 228 g/mol. The molecule has 3 heteroatoms. The molecule has 0 saturated carbocycles. The molecule has 2 aromatic rings. The van der Waals surface area contributed by atoms with E-state index >= 15 is 0 Å². The molecule has 1 aromatic heterocycles. The third-order valence-corrected chi connectivity index (χ3v) is 3.70. The van der Waals surface area contributed by atoms with Crippen molar-refractivity contribution in [3.05, 3.63) is 45.7 Å². The van der Waals surface area contributed by atoms with Crippen molar-refractivity contribution in [2.24, 2.45) is 0 Å². The van der Waals surface area contributed by atoms with Crippen LogP contribution in [0.5, 0.6) is 0 Å². The zero-order valence-corrected chi connectivity index (χ0v) is 10.6. The molecule has 2 nitrogen and oxygen atoms in total. The molecule has 3 rings (SSSR count).